The van der Waals surface area contributed by atoms with Crippen LogP contribution in [0, 0.1) is 0 Å². The molecule has 10 heteroatoms. The third kappa shape index (κ3) is 13.6. The number of nitrogens with zero attached hydrogens (tertiary/aromatic N) is 2. The summed E-state index contributed by atoms with van der Waals surface area (Å²) in [4.78, 5) is 28.6. The van der Waals surface area contributed by atoms with Crippen LogP contribution >= 0.6 is 0 Å². The second-order valence-corrected chi connectivity index (χ2v) is 9.76. The number of rotatable bonds is 18. The topological polar surface area (TPSA) is 140 Å². The summed E-state index contributed by atoms with van der Waals surface area (Å²) in [5.41, 5.74) is 0. The molecule has 0 aromatic carbocycles. The van der Waals surface area contributed by atoms with E-state index in [0.29, 0.717) is 65.0 Å². The van der Waals surface area contributed by atoms with E-state index < -0.39 is 48.6 Å². The highest BCUT2D eigenvalue weighted by atomic mass is 16.6. The quantitative estimate of drug-likeness (QED) is 0.157. The summed E-state index contributed by atoms with van der Waals surface area (Å²) >= 11 is 0. The second-order valence-electron chi connectivity index (χ2n) is 9.76. The molecule has 0 aliphatic carbocycles. The van der Waals surface area contributed by atoms with E-state index in [1.165, 1.54) is 0 Å². The summed E-state index contributed by atoms with van der Waals surface area (Å²) in [7, 11) is 0. The molecule has 6 atom stereocenters. The van der Waals surface area contributed by atoms with Crippen LogP contribution < -0.4 is 0 Å². The van der Waals surface area contributed by atoms with Gasteiger partial charge in [0.1, 0.15) is 0 Å². The van der Waals surface area contributed by atoms with Gasteiger partial charge in [-0.25, -0.2) is 9.59 Å². The highest BCUT2D eigenvalue weighted by Gasteiger charge is 2.37. The van der Waals surface area contributed by atoms with Crippen molar-refractivity contribution in [3.05, 3.63) is 0 Å². The molecular weight excluding hydrogens is 444 g/mol. The maximum Gasteiger partial charge on any atom is 0.348 e. The van der Waals surface area contributed by atoms with Crippen molar-refractivity contribution in [3.63, 3.8) is 0 Å². The lowest BCUT2D eigenvalue weighted by molar-refractivity contribution is -0.196. The number of hydrogen-bond acceptors (Lipinski definition) is 10. The van der Waals surface area contributed by atoms with E-state index in [4.69, 9.17) is 9.47 Å². The molecule has 1 rings (SSSR count). The molecule has 0 amide bonds. The number of cyclic esters (lactones) is 2. The Hall–Kier alpha value is -1.30. The van der Waals surface area contributed by atoms with Crippen LogP contribution in [-0.2, 0) is 19.1 Å². The van der Waals surface area contributed by atoms with Gasteiger partial charge in [0.2, 0.25) is 0 Å². The number of unbranched alkanes of at least 4 members (excludes halogenated alkanes) is 2. The first-order chi connectivity index (χ1) is 16.0. The number of aliphatic hydroxyl groups is 4. The number of hydrogen-bond donors (Lipinski definition) is 4. The van der Waals surface area contributed by atoms with Gasteiger partial charge < -0.3 is 29.9 Å². The molecule has 0 bridgehead atoms. The summed E-state index contributed by atoms with van der Waals surface area (Å²) in [6, 6.07) is 0. The van der Waals surface area contributed by atoms with Crippen molar-refractivity contribution in [3.8, 4) is 0 Å². The molecule has 1 heterocycles. The predicted molar refractivity (Wildman–Crippen MR) is 127 cm³/mol. The predicted octanol–water partition coefficient (Wildman–Crippen LogP) is 0.291. The molecule has 1 saturated heterocycles. The van der Waals surface area contributed by atoms with Gasteiger partial charge in [-0.2, -0.15) is 0 Å². The zero-order valence-electron chi connectivity index (χ0n) is 21.3. The van der Waals surface area contributed by atoms with Gasteiger partial charge in [-0.3, -0.25) is 9.80 Å². The molecule has 0 aromatic heterocycles. The Morgan fingerprint density at radius 1 is 0.618 bits per heavy atom. The van der Waals surface area contributed by atoms with Gasteiger partial charge in [-0.05, 0) is 79.3 Å². The number of esters is 2. The molecule has 1 fully saturated rings. The highest BCUT2D eigenvalue weighted by molar-refractivity contribution is 5.87. The van der Waals surface area contributed by atoms with E-state index >= 15 is 0 Å². The third-order valence-electron chi connectivity index (χ3n) is 5.51. The number of aliphatic hydroxyl groups excluding tert-OH is 4. The largest absolute Gasteiger partial charge is 0.448 e. The molecule has 0 radical (unpaired) electrons. The van der Waals surface area contributed by atoms with Crippen molar-refractivity contribution < 1.29 is 39.5 Å². The minimum atomic E-state index is -0.890. The van der Waals surface area contributed by atoms with Crippen molar-refractivity contribution in [2.45, 2.75) is 103 Å². The first kappa shape index (κ1) is 30.7. The van der Waals surface area contributed by atoms with Gasteiger partial charge in [0.15, 0.2) is 12.2 Å². The molecule has 4 N–H and O–H groups in total. The summed E-state index contributed by atoms with van der Waals surface area (Å²) < 4.78 is 10.7. The van der Waals surface area contributed by atoms with E-state index in [2.05, 4.69) is 0 Å². The van der Waals surface area contributed by atoms with Crippen LogP contribution in [0.2, 0.25) is 0 Å². The fourth-order valence-electron chi connectivity index (χ4n) is 4.22. The molecule has 1 aliphatic heterocycles. The standard InChI is InChI=1S/C24H46N2O8/c1-17(27)13-25(14-18(2)28)11-7-5-9-21-23(31)34-22(24(32)33-21)10-6-8-12-26(15-19(3)29)16-20(4)30/h17-22,27-30H,5-16H2,1-4H3/t17-,18-,19-,20?,21?,22?/m1/s1. The molecule has 10 nitrogen and oxygen atoms in total. The van der Waals surface area contributed by atoms with Crippen molar-refractivity contribution in [1.82, 2.24) is 9.80 Å². The Bertz CT molecular complexity index is 515. The van der Waals surface area contributed by atoms with Crippen molar-refractivity contribution >= 4 is 11.9 Å². The highest BCUT2D eigenvalue weighted by Crippen LogP contribution is 2.19. The van der Waals surface area contributed by atoms with Crippen molar-refractivity contribution in [1.29, 1.82) is 0 Å². The summed E-state index contributed by atoms with van der Waals surface area (Å²) in [6.07, 6.45) is -0.240. The first-order valence-corrected chi connectivity index (χ1v) is 12.6. The minimum absolute atomic E-state index is 0.377. The average Bonchev–Trinajstić information content (AvgIpc) is 2.69. The Labute approximate surface area is 203 Å². The maximum atomic E-state index is 12.3. The number of ether oxygens (including phenoxy) is 2. The van der Waals surface area contributed by atoms with Gasteiger partial charge in [0, 0.05) is 26.2 Å². The smallest absolute Gasteiger partial charge is 0.348 e. The second kappa shape index (κ2) is 16.4. The van der Waals surface area contributed by atoms with E-state index in [9.17, 15) is 30.0 Å². The van der Waals surface area contributed by atoms with E-state index in [1.54, 1.807) is 27.7 Å². The first-order valence-electron chi connectivity index (χ1n) is 12.6. The zero-order chi connectivity index (χ0) is 25.7. The van der Waals surface area contributed by atoms with Crippen molar-refractivity contribution in [2.24, 2.45) is 0 Å². The SMILES string of the molecule is CC(O)CN(CCCCC1OC(=O)C(CCCCN(C[C@@H](C)O)C[C@@H](C)O)OC1=O)C[C@@H](C)O. The molecule has 3 unspecified atom stereocenters. The van der Waals surface area contributed by atoms with Crippen LogP contribution in [-0.4, -0.2) is 118 Å². The summed E-state index contributed by atoms with van der Waals surface area (Å²) in [5, 5.41) is 38.4. The maximum absolute atomic E-state index is 12.3. The molecule has 34 heavy (non-hydrogen) atoms. The van der Waals surface area contributed by atoms with Crippen LogP contribution in [0.15, 0.2) is 0 Å². The van der Waals surface area contributed by atoms with Gasteiger partial charge in [-0.1, -0.05) is 0 Å². The molecular formula is C24H46N2O8. The van der Waals surface area contributed by atoms with Gasteiger partial charge in [0.05, 0.1) is 24.4 Å². The van der Waals surface area contributed by atoms with Crippen LogP contribution in [0.25, 0.3) is 0 Å². The van der Waals surface area contributed by atoms with Crippen molar-refractivity contribution in [2.75, 3.05) is 39.3 Å². The van der Waals surface area contributed by atoms with E-state index in [0.717, 1.165) is 12.8 Å². The van der Waals surface area contributed by atoms with Crippen LogP contribution in [0.3, 0.4) is 0 Å². The average molecular weight is 491 g/mol. The Kier molecular flexibility index (Phi) is 14.8. The normalized spacial score (nSPS) is 22.4. The molecule has 0 saturated carbocycles. The molecule has 200 valence electrons. The lowest BCUT2D eigenvalue weighted by atomic mass is 10.1. The lowest BCUT2D eigenvalue weighted by Crippen LogP contribution is -2.44. The van der Waals surface area contributed by atoms with Crippen LogP contribution in [0.4, 0.5) is 0 Å². The lowest BCUT2D eigenvalue weighted by Gasteiger charge is -2.28. The van der Waals surface area contributed by atoms with Crippen LogP contribution in [0.5, 0.6) is 0 Å². The third-order valence-corrected chi connectivity index (χ3v) is 5.51. The Balaban J connectivity index is 2.34. The molecule has 0 spiro atoms. The Morgan fingerprint density at radius 2 is 0.912 bits per heavy atom. The van der Waals surface area contributed by atoms with Gasteiger partial charge in [-0.15, -0.1) is 0 Å². The number of carbonyl (C=O) groups excluding carboxylic acids is 2. The summed E-state index contributed by atoms with van der Waals surface area (Å²) in [6.45, 7) is 9.96. The fourth-order valence-corrected chi connectivity index (χ4v) is 4.22. The minimum Gasteiger partial charge on any atom is -0.448 e. The monoisotopic (exact) mass is 490 g/mol. The van der Waals surface area contributed by atoms with E-state index in [1.807, 2.05) is 9.80 Å². The van der Waals surface area contributed by atoms with Crippen LogP contribution in [0.1, 0.15) is 66.2 Å². The number of carbonyl (C=O) groups is 2. The summed E-state index contributed by atoms with van der Waals surface area (Å²) in [5.74, 6) is -1.03. The van der Waals surface area contributed by atoms with Gasteiger partial charge >= 0.3 is 11.9 Å². The zero-order valence-corrected chi connectivity index (χ0v) is 21.3. The Morgan fingerprint density at radius 3 is 1.18 bits per heavy atom. The van der Waals surface area contributed by atoms with Gasteiger partial charge in [0.25, 0.3) is 0 Å². The van der Waals surface area contributed by atoms with E-state index in [-0.39, 0.29) is 0 Å². The molecule has 1 aliphatic rings. The molecule has 0 aromatic rings. The fraction of sp³-hybridized carbons (Fsp3) is 0.917.